The molecule has 0 unspecified atom stereocenters. The van der Waals surface area contributed by atoms with Crippen LogP contribution in [0.15, 0.2) is 66.7 Å². The van der Waals surface area contributed by atoms with E-state index >= 15 is 0 Å². The monoisotopic (exact) mass is 322 g/mol. The predicted octanol–water partition coefficient (Wildman–Crippen LogP) is 5.67. The van der Waals surface area contributed by atoms with E-state index in [9.17, 15) is 0 Å². The lowest BCUT2D eigenvalue weighted by Crippen LogP contribution is -2.09. The van der Waals surface area contributed by atoms with Crippen LogP contribution in [0.2, 0.25) is 5.02 Å². The fourth-order valence-corrected chi connectivity index (χ4v) is 2.68. The molecule has 0 amide bonds. The van der Waals surface area contributed by atoms with Gasteiger partial charge in [-0.3, -0.25) is 0 Å². The first-order valence-corrected chi connectivity index (χ1v) is 7.87. The van der Waals surface area contributed by atoms with Crippen molar-refractivity contribution >= 4 is 28.7 Å². The molecule has 3 heteroatoms. The number of halogens is 1. The summed E-state index contributed by atoms with van der Waals surface area (Å²) >= 11 is 5.97. The normalized spacial score (nSPS) is 10.6. The third-order valence-corrected chi connectivity index (χ3v) is 4.18. The molecule has 2 N–H and O–H groups in total. The van der Waals surface area contributed by atoms with Crippen molar-refractivity contribution in [2.45, 2.75) is 6.92 Å². The first-order chi connectivity index (χ1) is 11.0. The maximum atomic E-state index is 6.11. The highest BCUT2D eigenvalue weighted by atomic mass is 35.5. The Morgan fingerprint density at radius 1 is 0.783 bits per heavy atom. The maximum Gasteiger partial charge on any atom is 0.0434 e. The second kappa shape index (κ2) is 6.35. The lowest BCUT2D eigenvalue weighted by atomic mass is 10.0. The molecule has 0 aromatic heterocycles. The third-order valence-electron chi connectivity index (χ3n) is 3.93. The number of nitrogens with two attached hydrogens (primary N) is 1. The molecule has 0 aliphatic carbocycles. The van der Waals surface area contributed by atoms with Crippen LogP contribution in [0.1, 0.15) is 5.56 Å². The fourth-order valence-electron chi connectivity index (χ4n) is 2.55. The van der Waals surface area contributed by atoms with Gasteiger partial charge in [-0.1, -0.05) is 41.4 Å². The van der Waals surface area contributed by atoms with Gasteiger partial charge in [-0.05, 0) is 60.5 Å². The van der Waals surface area contributed by atoms with Gasteiger partial charge in [0.05, 0.1) is 0 Å². The quantitative estimate of drug-likeness (QED) is 0.630. The van der Waals surface area contributed by atoms with Gasteiger partial charge >= 0.3 is 0 Å². The summed E-state index contributed by atoms with van der Waals surface area (Å²) in [4.78, 5) is 2.13. The number of rotatable bonds is 3. The van der Waals surface area contributed by atoms with Crippen molar-refractivity contribution in [2.24, 2.45) is 0 Å². The summed E-state index contributed by atoms with van der Waals surface area (Å²) < 4.78 is 0. The number of anilines is 3. The Hall–Kier alpha value is -2.45. The topological polar surface area (TPSA) is 29.3 Å². The second-order valence-electron chi connectivity index (χ2n) is 5.71. The van der Waals surface area contributed by atoms with Gasteiger partial charge in [0, 0.05) is 29.1 Å². The molecule has 0 aliphatic heterocycles. The molecule has 0 saturated carbocycles. The second-order valence-corrected chi connectivity index (χ2v) is 6.15. The summed E-state index contributed by atoms with van der Waals surface area (Å²) in [7, 11) is 2.05. The smallest absolute Gasteiger partial charge is 0.0434 e. The van der Waals surface area contributed by atoms with Crippen molar-refractivity contribution in [2.75, 3.05) is 17.7 Å². The Kier molecular flexibility index (Phi) is 4.26. The molecule has 0 bridgehead atoms. The Balaban J connectivity index is 2.00. The zero-order valence-corrected chi connectivity index (χ0v) is 14.0. The van der Waals surface area contributed by atoms with Crippen molar-refractivity contribution < 1.29 is 0 Å². The molecule has 23 heavy (non-hydrogen) atoms. The molecule has 2 nitrogen and oxygen atoms in total. The van der Waals surface area contributed by atoms with Crippen LogP contribution in [0.3, 0.4) is 0 Å². The molecule has 3 aromatic rings. The largest absolute Gasteiger partial charge is 0.399 e. The number of hydrogen-bond acceptors (Lipinski definition) is 2. The first kappa shape index (κ1) is 15.4. The Bertz CT molecular complexity index is 808. The van der Waals surface area contributed by atoms with Gasteiger partial charge in [0.15, 0.2) is 0 Å². The van der Waals surface area contributed by atoms with Crippen molar-refractivity contribution in [1.82, 2.24) is 0 Å². The molecular weight excluding hydrogens is 304 g/mol. The van der Waals surface area contributed by atoms with Gasteiger partial charge in [-0.2, -0.15) is 0 Å². The van der Waals surface area contributed by atoms with Gasteiger partial charge in [0.1, 0.15) is 0 Å². The Labute approximate surface area is 142 Å². The van der Waals surface area contributed by atoms with Crippen molar-refractivity contribution in [3.63, 3.8) is 0 Å². The van der Waals surface area contributed by atoms with Gasteiger partial charge in [-0.25, -0.2) is 0 Å². The van der Waals surface area contributed by atoms with Gasteiger partial charge in [0.25, 0.3) is 0 Å². The average Bonchev–Trinajstić information content (AvgIpc) is 2.55. The molecule has 0 radical (unpaired) electrons. The summed E-state index contributed by atoms with van der Waals surface area (Å²) in [6, 6.07) is 22.3. The minimum absolute atomic E-state index is 0.731. The number of nitrogens with zero attached hydrogens (tertiary/aromatic N) is 1. The number of benzene rings is 3. The number of nitrogen functional groups attached to an aromatic ring is 1. The lowest BCUT2D eigenvalue weighted by Gasteiger charge is -2.21. The predicted molar refractivity (Wildman–Crippen MR) is 101 cm³/mol. The molecular formula is C20H19ClN2. The van der Waals surface area contributed by atoms with Crippen LogP contribution in [-0.4, -0.2) is 7.05 Å². The molecule has 0 atom stereocenters. The molecule has 3 aromatic carbocycles. The molecule has 0 aliphatic rings. The van der Waals surface area contributed by atoms with E-state index < -0.39 is 0 Å². The van der Waals surface area contributed by atoms with E-state index in [0.717, 1.165) is 33.2 Å². The van der Waals surface area contributed by atoms with Crippen LogP contribution in [0, 0.1) is 6.92 Å². The van der Waals surface area contributed by atoms with Crippen molar-refractivity contribution in [1.29, 1.82) is 0 Å². The molecule has 3 rings (SSSR count). The van der Waals surface area contributed by atoms with E-state index in [-0.39, 0.29) is 0 Å². The van der Waals surface area contributed by atoms with Crippen LogP contribution in [0.25, 0.3) is 11.1 Å². The van der Waals surface area contributed by atoms with E-state index in [0.29, 0.717) is 0 Å². The average molecular weight is 323 g/mol. The van der Waals surface area contributed by atoms with E-state index in [2.05, 4.69) is 42.2 Å². The third kappa shape index (κ3) is 3.49. The highest BCUT2D eigenvalue weighted by molar-refractivity contribution is 6.30. The summed E-state index contributed by atoms with van der Waals surface area (Å²) in [6.45, 7) is 2.09. The molecule has 0 saturated heterocycles. The Morgan fingerprint density at radius 2 is 1.43 bits per heavy atom. The Morgan fingerprint density at radius 3 is 2.09 bits per heavy atom. The van der Waals surface area contributed by atoms with Crippen molar-refractivity contribution in [3.8, 4) is 11.1 Å². The first-order valence-electron chi connectivity index (χ1n) is 7.50. The zero-order chi connectivity index (χ0) is 16.4. The highest BCUT2D eigenvalue weighted by Crippen LogP contribution is 2.31. The van der Waals surface area contributed by atoms with Crippen LogP contribution >= 0.6 is 11.6 Å². The number of aryl methyl sites for hydroxylation is 1. The number of hydrogen-bond donors (Lipinski definition) is 1. The highest BCUT2D eigenvalue weighted by Gasteiger charge is 2.08. The summed E-state index contributed by atoms with van der Waals surface area (Å²) in [5.41, 5.74) is 12.5. The van der Waals surface area contributed by atoms with Crippen LogP contribution < -0.4 is 10.6 Å². The van der Waals surface area contributed by atoms with E-state index in [1.54, 1.807) is 0 Å². The SMILES string of the molecule is Cc1ccc(N(C)c2cc(N)cc(-c3ccc(Cl)cc3)c2)cc1. The van der Waals surface area contributed by atoms with Crippen LogP contribution in [0.5, 0.6) is 0 Å². The zero-order valence-electron chi connectivity index (χ0n) is 13.3. The molecule has 0 spiro atoms. The molecule has 0 fully saturated rings. The molecule has 0 heterocycles. The summed E-state index contributed by atoms with van der Waals surface area (Å²) in [5, 5.41) is 0.731. The van der Waals surface area contributed by atoms with Gasteiger partial charge in [0.2, 0.25) is 0 Å². The summed E-state index contributed by atoms with van der Waals surface area (Å²) in [6.07, 6.45) is 0. The van der Waals surface area contributed by atoms with Gasteiger partial charge in [-0.15, -0.1) is 0 Å². The van der Waals surface area contributed by atoms with Crippen molar-refractivity contribution in [3.05, 3.63) is 77.3 Å². The summed E-state index contributed by atoms with van der Waals surface area (Å²) in [5.74, 6) is 0. The maximum absolute atomic E-state index is 6.11. The minimum Gasteiger partial charge on any atom is -0.399 e. The van der Waals surface area contributed by atoms with E-state index in [1.807, 2.05) is 43.4 Å². The van der Waals surface area contributed by atoms with E-state index in [4.69, 9.17) is 17.3 Å². The van der Waals surface area contributed by atoms with Crippen LogP contribution in [0.4, 0.5) is 17.1 Å². The standard InChI is InChI=1S/C20H19ClN2/c1-14-3-9-19(10-4-14)23(2)20-12-16(11-18(22)13-20)15-5-7-17(21)8-6-15/h3-13H,22H2,1-2H3. The van der Waals surface area contributed by atoms with Gasteiger partial charge < -0.3 is 10.6 Å². The molecule has 116 valence electrons. The van der Waals surface area contributed by atoms with E-state index in [1.165, 1.54) is 5.56 Å². The minimum atomic E-state index is 0.731. The van der Waals surface area contributed by atoms with Crippen LogP contribution in [-0.2, 0) is 0 Å². The fraction of sp³-hybridized carbons (Fsp3) is 0.100. The lowest BCUT2D eigenvalue weighted by molar-refractivity contribution is 1.21.